The maximum atomic E-state index is 14.0. The fourth-order valence-corrected chi connectivity index (χ4v) is 3.64. The van der Waals surface area contributed by atoms with Crippen LogP contribution in [0.25, 0.3) is 10.9 Å². The van der Waals surface area contributed by atoms with Crippen molar-refractivity contribution in [3.8, 4) is 0 Å². The molecule has 0 radical (unpaired) electrons. The molecule has 28 heavy (non-hydrogen) atoms. The molecule has 1 fully saturated rings. The largest absolute Gasteiger partial charge is 0.355 e. The van der Waals surface area contributed by atoms with Gasteiger partial charge < -0.3 is 10.2 Å². The number of nitrogens with zero attached hydrogens (tertiary/aromatic N) is 2. The molecule has 1 N–H and O–H groups in total. The van der Waals surface area contributed by atoms with Crippen molar-refractivity contribution in [2.24, 2.45) is 0 Å². The van der Waals surface area contributed by atoms with Crippen LogP contribution >= 0.6 is 0 Å². The summed E-state index contributed by atoms with van der Waals surface area (Å²) in [6.07, 6.45) is 3.23. The number of fused-ring (bicyclic) bond motifs is 1. The van der Waals surface area contributed by atoms with E-state index in [9.17, 15) is 9.18 Å². The third-order valence-corrected chi connectivity index (χ3v) is 5.28. The van der Waals surface area contributed by atoms with Crippen LogP contribution in [0.3, 0.4) is 0 Å². The first-order valence-electron chi connectivity index (χ1n) is 9.75. The number of rotatable bonds is 3. The summed E-state index contributed by atoms with van der Waals surface area (Å²) in [6.45, 7) is 5.30. The van der Waals surface area contributed by atoms with Crippen molar-refractivity contribution in [2.45, 2.75) is 33.1 Å². The third-order valence-electron chi connectivity index (χ3n) is 5.28. The van der Waals surface area contributed by atoms with E-state index in [0.29, 0.717) is 16.9 Å². The second kappa shape index (κ2) is 7.58. The Morgan fingerprint density at radius 3 is 2.57 bits per heavy atom. The lowest BCUT2D eigenvalue weighted by Crippen LogP contribution is -2.36. The van der Waals surface area contributed by atoms with Crippen LogP contribution < -0.4 is 5.32 Å². The quantitative estimate of drug-likeness (QED) is 0.668. The lowest BCUT2D eigenvalue weighted by molar-refractivity contribution is 0.0719. The minimum Gasteiger partial charge on any atom is -0.355 e. The molecule has 0 unspecified atom stereocenters. The van der Waals surface area contributed by atoms with Crippen LogP contribution in [0.1, 0.15) is 40.9 Å². The molecular formula is C23H24FN3O. The Hall–Kier alpha value is -2.95. The molecule has 0 bridgehead atoms. The van der Waals surface area contributed by atoms with E-state index >= 15 is 0 Å². The average Bonchev–Trinajstić information content (AvgIpc) is 2.71. The molecule has 1 aromatic heterocycles. The van der Waals surface area contributed by atoms with Gasteiger partial charge in [-0.05, 0) is 69.0 Å². The van der Waals surface area contributed by atoms with Crippen molar-refractivity contribution >= 4 is 28.2 Å². The predicted octanol–water partition coefficient (Wildman–Crippen LogP) is 5.36. The lowest BCUT2D eigenvalue weighted by Gasteiger charge is -2.26. The molecule has 144 valence electrons. The number of carbonyl (C=O) groups excluding carboxylic acids is 1. The maximum absolute atomic E-state index is 14.0. The van der Waals surface area contributed by atoms with Crippen LogP contribution in [0.5, 0.6) is 0 Å². The SMILES string of the molecule is Cc1ccc2nc(C(=O)N3CCCCC3)cc(Nc3ccc(C)c(F)c3)c2c1. The molecule has 2 heterocycles. The van der Waals surface area contributed by atoms with E-state index in [-0.39, 0.29) is 11.7 Å². The highest BCUT2D eigenvalue weighted by molar-refractivity contribution is 6.00. The van der Waals surface area contributed by atoms with Crippen LogP contribution in [-0.4, -0.2) is 28.9 Å². The second-order valence-corrected chi connectivity index (χ2v) is 7.52. The van der Waals surface area contributed by atoms with Gasteiger partial charge in [0.25, 0.3) is 5.91 Å². The normalized spacial score (nSPS) is 14.3. The van der Waals surface area contributed by atoms with Gasteiger partial charge in [0.15, 0.2) is 0 Å². The van der Waals surface area contributed by atoms with Gasteiger partial charge >= 0.3 is 0 Å². The van der Waals surface area contributed by atoms with E-state index in [0.717, 1.165) is 48.1 Å². The van der Waals surface area contributed by atoms with Gasteiger partial charge in [0.05, 0.1) is 11.2 Å². The number of aromatic nitrogens is 1. The van der Waals surface area contributed by atoms with Crippen molar-refractivity contribution in [1.82, 2.24) is 9.88 Å². The summed E-state index contributed by atoms with van der Waals surface area (Å²) >= 11 is 0. The van der Waals surface area contributed by atoms with Crippen LogP contribution in [0.2, 0.25) is 0 Å². The number of piperidine rings is 1. The number of likely N-dealkylation sites (tertiary alicyclic amines) is 1. The van der Waals surface area contributed by atoms with E-state index in [1.165, 1.54) is 12.5 Å². The minimum absolute atomic E-state index is 0.0414. The van der Waals surface area contributed by atoms with Crippen LogP contribution in [-0.2, 0) is 0 Å². The van der Waals surface area contributed by atoms with E-state index in [1.54, 1.807) is 19.1 Å². The van der Waals surface area contributed by atoms with E-state index in [4.69, 9.17) is 0 Å². The van der Waals surface area contributed by atoms with Crippen molar-refractivity contribution in [3.63, 3.8) is 0 Å². The Balaban J connectivity index is 1.77. The summed E-state index contributed by atoms with van der Waals surface area (Å²) in [5.41, 5.74) is 4.28. The molecule has 4 nitrogen and oxygen atoms in total. The predicted molar refractivity (Wildman–Crippen MR) is 111 cm³/mol. The first kappa shape index (κ1) is 18.4. The molecule has 4 rings (SSSR count). The zero-order chi connectivity index (χ0) is 19.7. The molecule has 1 aliphatic rings. The van der Waals surface area contributed by atoms with E-state index < -0.39 is 0 Å². The highest BCUT2D eigenvalue weighted by atomic mass is 19.1. The second-order valence-electron chi connectivity index (χ2n) is 7.52. The minimum atomic E-state index is -0.260. The Morgan fingerprint density at radius 1 is 1.04 bits per heavy atom. The number of benzene rings is 2. The molecule has 0 spiro atoms. The highest BCUT2D eigenvalue weighted by Crippen LogP contribution is 2.29. The molecule has 1 amide bonds. The zero-order valence-electron chi connectivity index (χ0n) is 16.3. The fraction of sp³-hybridized carbons (Fsp3) is 0.304. The van der Waals surface area contributed by atoms with Crippen LogP contribution in [0.4, 0.5) is 15.8 Å². The average molecular weight is 377 g/mol. The topological polar surface area (TPSA) is 45.2 Å². The molecule has 1 aliphatic heterocycles. The molecule has 0 aliphatic carbocycles. The van der Waals surface area contributed by atoms with Crippen molar-refractivity contribution in [3.05, 3.63) is 65.1 Å². The zero-order valence-corrected chi connectivity index (χ0v) is 16.3. The number of pyridine rings is 1. The molecule has 3 aromatic rings. The Kier molecular flexibility index (Phi) is 4.99. The number of hydrogen-bond donors (Lipinski definition) is 1. The van der Waals surface area contributed by atoms with Gasteiger partial charge in [-0.15, -0.1) is 0 Å². The van der Waals surface area contributed by atoms with Gasteiger partial charge in [-0.25, -0.2) is 9.37 Å². The summed E-state index contributed by atoms with van der Waals surface area (Å²) in [6, 6.07) is 12.8. The first-order chi connectivity index (χ1) is 13.5. The van der Waals surface area contributed by atoms with E-state index in [1.807, 2.05) is 36.1 Å². The molecule has 0 saturated carbocycles. The Bertz CT molecular complexity index is 1040. The molecule has 1 saturated heterocycles. The summed E-state index contributed by atoms with van der Waals surface area (Å²) in [4.78, 5) is 19.5. The number of amides is 1. The fourth-order valence-electron chi connectivity index (χ4n) is 3.64. The lowest BCUT2D eigenvalue weighted by atomic mass is 10.1. The smallest absolute Gasteiger partial charge is 0.272 e. The number of aryl methyl sites for hydroxylation is 2. The maximum Gasteiger partial charge on any atom is 0.272 e. The van der Waals surface area contributed by atoms with Gasteiger partial charge in [-0.3, -0.25) is 4.79 Å². The van der Waals surface area contributed by atoms with Gasteiger partial charge in [0.2, 0.25) is 0 Å². The number of halogens is 1. The number of carbonyl (C=O) groups is 1. The number of hydrogen-bond acceptors (Lipinski definition) is 3. The van der Waals surface area contributed by atoms with Gasteiger partial charge in [0, 0.05) is 24.2 Å². The summed E-state index contributed by atoms with van der Waals surface area (Å²) in [5.74, 6) is -0.301. The van der Waals surface area contributed by atoms with Crippen LogP contribution in [0, 0.1) is 19.7 Å². The summed E-state index contributed by atoms with van der Waals surface area (Å²) in [7, 11) is 0. The van der Waals surface area contributed by atoms with Gasteiger partial charge in [-0.1, -0.05) is 17.7 Å². The van der Waals surface area contributed by atoms with Crippen molar-refractivity contribution in [1.29, 1.82) is 0 Å². The number of nitrogens with one attached hydrogen (secondary N) is 1. The summed E-state index contributed by atoms with van der Waals surface area (Å²) < 4.78 is 14.0. The van der Waals surface area contributed by atoms with Crippen molar-refractivity contribution < 1.29 is 9.18 Å². The molecule has 5 heteroatoms. The van der Waals surface area contributed by atoms with Gasteiger partial charge in [-0.2, -0.15) is 0 Å². The molecule has 0 atom stereocenters. The van der Waals surface area contributed by atoms with E-state index in [2.05, 4.69) is 10.3 Å². The number of anilines is 2. The Labute approximate surface area is 164 Å². The van der Waals surface area contributed by atoms with Crippen molar-refractivity contribution in [2.75, 3.05) is 18.4 Å². The monoisotopic (exact) mass is 377 g/mol. The van der Waals surface area contributed by atoms with Crippen LogP contribution in [0.15, 0.2) is 42.5 Å². The highest BCUT2D eigenvalue weighted by Gasteiger charge is 2.21. The first-order valence-corrected chi connectivity index (χ1v) is 9.75. The van der Waals surface area contributed by atoms with Gasteiger partial charge in [0.1, 0.15) is 11.5 Å². The molecular weight excluding hydrogens is 353 g/mol. The summed E-state index contributed by atoms with van der Waals surface area (Å²) in [5, 5.41) is 4.20. The third kappa shape index (κ3) is 3.70. The molecule has 2 aromatic carbocycles. The Morgan fingerprint density at radius 2 is 1.82 bits per heavy atom. The standard InChI is InChI=1S/C23H24FN3O/c1-15-6-9-20-18(12-15)21(25-17-8-7-16(2)19(24)13-17)14-22(26-20)23(28)27-10-4-3-5-11-27/h6-9,12-14H,3-5,10-11H2,1-2H3,(H,25,26).